The highest BCUT2D eigenvalue weighted by atomic mass is 16.1. The number of rotatable bonds is 2. The third kappa shape index (κ3) is 1.35. The molecule has 0 heterocycles. The second-order valence-electron chi connectivity index (χ2n) is 2.62. The SMILES string of the molecule is CCC(=O)C1C=CC(C)=C1. The van der Waals surface area contributed by atoms with Gasteiger partial charge in [0.1, 0.15) is 5.78 Å². The minimum Gasteiger partial charge on any atom is -0.299 e. The molecule has 1 aliphatic rings. The van der Waals surface area contributed by atoms with Crippen LogP contribution in [0.2, 0.25) is 0 Å². The van der Waals surface area contributed by atoms with Gasteiger partial charge < -0.3 is 0 Å². The van der Waals surface area contributed by atoms with Crippen molar-refractivity contribution in [2.24, 2.45) is 5.92 Å². The Morgan fingerprint density at radius 1 is 1.70 bits per heavy atom. The first kappa shape index (κ1) is 7.26. The molecule has 0 aromatic heterocycles. The van der Waals surface area contributed by atoms with Gasteiger partial charge in [0.25, 0.3) is 0 Å². The summed E-state index contributed by atoms with van der Waals surface area (Å²) in [7, 11) is 0. The number of hydrogen-bond acceptors (Lipinski definition) is 1. The maximum Gasteiger partial charge on any atom is 0.143 e. The van der Waals surface area contributed by atoms with Crippen molar-refractivity contribution in [3.8, 4) is 0 Å². The fraction of sp³-hybridized carbons (Fsp3) is 0.444. The van der Waals surface area contributed by atoms with E-state index < -0.39 is 0 Å². The van der Waals surface area contributed by atoms with Gasteiger partial charge in [0.05, 0.1) is 5.92 Å². The van der Waals surface area contributed by atoms with Gasteiger partial charge in [-0.15, -0.1) is 0 Å². The van der Waals surface area contributed by atoms with Gasteiger partial charge in [0.2, 0.25) is 0 Å². The maximum absolute atomic E-state index is 11.1. The molecule has 10 heavy (non-hydrogen) atoms. The van der Waals surface area contributed by atoms with Crippen molar-refractivity contribution in [1.29, 1.82) is 0 Å². The van der Waals surface area contributed by atoms with Crippen molar-refractivity contribution < 1.29 is 4.79 Å². The van der Waals surface area contributed by atoms with Crippen LogP contribution in [0.3, 0.4) is 0 Å². The Hall–Kier alpha value is -0.850. The molecule has 0 amide bonds. The molecule has 1 aliphatic carbocycles. The summed E-state index contributed by atoms with van der Waals surface area (Å²) < 4.78 is 0. The molecule has 54 valence electrons. The Morgan fingerprint density at radius 3 is 2.80 bits per heavy atom. The summed E-state index contributed by atoms with van der Waals surface area (Å²) in [5.74, 6) is 0.387. The summed E-state index contributed by atoms with van der Waals surface area (Å²) in [6, 6.07) is 0. The average Bonchev–Trinajstić information content (AvgIpc) is 2.34. The van der Waals surface area contributed by atoms with Crippen LogP contribution >= 0.6 is 0 Å². The molecule has 1 rings (SSSR count). The normalized spacial score (nSPS) is 23.0. The highest BCUT2D eigenvalue weighted by molar-refractivity contribution is 5.85. The zero-order valence-corrected chi connectivity index (χ0v) is 6.42. The van der Waals surface area contributed by atoms with Crippen molar-refractivity contribution in [1.82, 2.24) is 0 Å². The Kier molecular flexibility index (Phi) is 2.05. The quantitative estimate of drug-likeness (QED) is 0.568. The number of allylic oxidation sites excluding steroid dienone is 4. The van der Waals surface area contributed by atoms with E-state index in [1.165, 1.54) is 5.57 Å². The van der Waals surface area contributed by atoms with E-state index in [0.29, 0.717) is 12.2 Å². The first-order chi connectivity index (χ1) is 4.74. The highest BCUT2D eigenvalue weighted by Crippen LogP contribution is 2.16. The van der Waals surface area contributed by atoms with Crippen LogP contribution in [0.1, 0.15) is 20.3 Å². The van der Waals surface area contributed by atoms with Crippen LogP contribution < -0.4 is 0 Å². The van der Waals surface area contributed by atoms with Gasteiger partial charge in [-0.2, -0.15) is 0 Å². The minimum atomic E-state index is 0.0741. The Labute approximate surface area is 61.4 Å². The molecule has 0 spiro atoms. The summed E-state index contributed by atoms with van der Waals surface area (Å²) in [6.07, 6.45) is 6.60. The second-order valence-corrected chi connectivity index (χ2v) is 2.62. The average molecular weight is 136 g/mol. The molecule has 1 atom stereocenters. The lowest BCUT2D eigenvalue weighted by Crippen LogP contribution is -2.05. The molecule has 0 radical (unpaired) electrons. The van der Waals surface area contributed by atoms with Gasteiger partial charge >= 0.3 is 0 Å². The van der Waals surface area contributed by atoms with Crippen LogP contribution in [0, 0.1) is 5.92 Å². The lowest BCUT2D eigenvalue weighted by atomic mass is 10.0. The van der Waals surface area contributed by atoms with Crippen molar-refractivity contribution in [2.45, 2.75) is 20.3 Å². The largest absolute Gasteiger partial charge is 0.299 e. The molecule has 0 aromatic carbocycles. The van der Waals surface area contributed by atoms with Gasteiger partial charge in [0, 0.05) is 6.42 Å². The van der Waals surface area contributed by atoms with E-state index >= 15 is 0 Å². The monoisotopic (exact) mass is 136 g/mol. The van der Waals surface area contributed by atoms with Gasteiger partial charge in [-0.05, 0) is 6.92 Å². The molecule has 0 aliphatic heterocycles. The van der Waals surface area contributed by atoms with Crippen molar-refractivity contribution >= 4 is 5.78 Å². The number of Topliss-reactive ketones (excluding diaryl/α,β-unsaturated/α-hetero) is 1. The van der Waals surface area contributed by atoms with E-state index in [0.717, 1.165) is 0 Å². The van der Waals surface area contributed by atoms with Gasteiger partial charge in [-0.25, -0.2) is 0 Å². The molecule has 0 fully saturated rings. The predicted octanol–water partition coefficient (Wildman–Crippen LogP) is 2.10. The fourth-order valence-corrected chi connectivity index (χ4v) is 1.09. The lowest BCUT2D eigenvalue weighted by molar-refractivity contribution is -0.120. The number of carbonyl (C=O) groups is 1. The first-order valence-electron chi connectivity index (χ1n) is 3.63. The van der Waals surface area contributed by atoms with Crippen molar-refractivity contribution in [2.75, 3.05) is 0 Å². The lowest BCUT2D eigenvalue weighted by Gasteiger charge is -1.98. The first-order valence-corrected chi connectivity index (χ1v) is 3.63. The Balaban J connectivity index is 2.62. The van der Waals surface area contributed by atoms with Crippen LogP contribution in [0.4, 0.5) is 0 Å². The van der Waals surface area contributed by atoms with Gasteiger partial charge in [-0.3, -0.25) is 4.79 Å². The summed E-state index contributed by atoms with van der Waals surface area (Å²) in [6.45, 7) is 3.91. The highest BCUT2D eigenvalue weighted by Gasteiger charge is 2.13. The predicted molar refractivity (Wildman–Crippen MR) is 41.7 cm³/mol. The molecule has 1 unspecified atom stereocenters. The molecule has 0 saturated carbocycles. The topological polar surface area (TPSA) is 17.1 Å². The van der Waals surface area contributed by atoms with Crippen LogP contribution in [-0.4, -0.2) is 5.78 Å². The number of hydrogen-bond donors (Lipinski definition) is 0. The third-order valence-corrected chi connectivity index (χ3v) is 1.73. The molecule has 0 aromatic rings. The summed E-state index contributed by atoms with van der Waals surface area (Å²) >= 11 is 0. The minimum absolute atomic E-state index is 0.0741. The molecular formula is C9H12O. The van der Waals surface area contributed by atoms with Gasteiger partial charge in [-0.1, -0.05) is 30.7 Å². The molecule has 1 nitrogen and oxygen atoms in total. The smallest absolute Gasteiger partial charge is 0.143 e. The van der Waals surface area contributed by atoms with Gasteiger partial charge in [0.15, 0.2) is 0 Å². The van der Waals surface area contributed by atoms with E-state index in [9.17, 15) is 4.79 Å². The van der Waals surface area contributed by atoms with E-state index in [1.807, 2.05) is 32.1 Å². The number of ketones is 1. The molecule has 0 saturated heterocycles. The van der Waals surface area contributed by atoms with Crippen LogP contribution in [0.5, 0.6) is 0 Å². The molecule has 0 N–H and O–H groups in total. The number of carbonyl (C=O) groups excluding carboxylic acids is 1. The van der Waals surface area contributed by atoms with E-state index in [1.54, 1.807) is 0 Å². The van der Waals surface area contributed by atoms with E-state index in [2.05, 4.69) is 0 Å². The van der Waals surface area contributed by atoms with Crippen molar-refractivity contribution in [3.63, 3.8) is 0 Å². The van der Waals surface area contributed by atoms with Crippen LogP contribution in [0.25, 0.3) is 0 Å². The summed E-state index contributed by atoms with van der Waals surface area (Å²) in [5.41, 5.74) is 1.20. The van der Waals surface area contributed by atoms with E-state index in [4.69, 9.17) is 0 Å². The van der Waals surface area contributed by atoms with Crippen LogP contribution in [0.15, 0.2) is 23.8 Å². The Morgan fingerprint density at radius 2 is 2.40 bits per heavy atom. The standard InChI is InChI=1S/C9H12O/c1-3-9(10)8-5-4-7(2)6-8/h4-6,8H,3H2,1-2H3. The van der Waals surface area contributed by atoms with Crippen LogP contribution in [-0.2, 0) is 4.79 Å². The summed E-state index contributed by atoms with van der Waals surface area (Å²) in [4.78, 5) is 11.1. The molecule has 1 heteroatoms. The summed E-state index contributed by atoms with van der Waals surface area (Å²) in [5, 5.41) is 0. The fourth-order valence-electron chi connectivity index (χ4n) is 1.09. The Bertz CT molecular complexity index is 199. The molecular weight excluding hydrogens is 124 g/mol. The zero-order chi connectivity index (χ0) is 7.56. The third-order valence-electron chi connectivity index (χ3n) is 1.73. The van der Waals surface area contributed by atoms with E-state index in [-0.39, 0.29) is 5.92 Å². The molecule has 0 bridgehead atoms. The zero-order valence-electron chi connectivity index (χ0n) is 6.42. The maximum atomic E-state index is 11.1. The second kappa shape index (κ2) is 2.82. The van der Waals surface area contributed by atoms with Crippen molar-refractivity contribution in [3.05, 3.63) is 23.8 Å².